The molecule has 1 atom stereocenters. The Kier molecular flexibility index (Phi) is 4.74. The van der Waals surface area contributed by atoms with Gasteiger partial charge in [-0.1, -0.05) is 18.2 Å². The van der Waals surface area contributed by atoms with Gasteiger partial charge in [-0.15, -0.1) is 0 Å². The molecule has 2 heterocycles. The predicted octanol–water partition coefficient (Wildman–Crippen LogP) is 2.35. The molecule has 6 heteroatoms. The summed E-state index contributed by atoms with van der Waals surface area (Å²) in [6.45, 7) is 0.490. The number of carboxylic acid groups (broad SMARTS) is 1. The number of para-hydroxylation sites is 1. The standard InChI is InChI=1S/C18H19N3O3/c22-17(20-11-5-4-8-16(20)18(23)24)10-9-14-12-19-21(13-14)15-6-2-1-3-7-15/h1-3,6-7,9-10,12-13,16H,4-5,8,11H2,(H,23,24)/b10-9+. The summed E-state index contributed by atoms with van der Waals surface area (Å²) < 4.78 is 1.73. The zero-order valence-corrected chi connectivity index (χ0v) is 13.2. The highest BCUT2D eigenvalue weighted by Crippen LogP contribution is 2.18. The van der Waals surface area contributed by atoms with Gasteiger partial charge in [0.05, 0.1) is 11.9 Å². The molecule has 124 valence electrons. The number of carboxylic acids is 1. The van der Waals surface area contributed by atoms with Crippen LogP contribution in [0, 0.1) is 0 Å². The first-order valence-corrected chi connectivity index (χ1v) is 7.97. The molecule has 1 amide bonds. The number of likely N-dealkylation sites (tertiary alicyclic amines) is 1. The van der Waals surface area contributed by atoms with Crippen LogP contribution in [0.15, 0.2) is 48.8 Å². The summed E-state index contributed by atoms with van der Waals surface area (Å²) in [5, 5.41) is 13.5. The first kappa shape index (κ1) is 16.0. The number of hydrogen-bond acceptors (Lipinski definition) is 3. The minimum atomic E-state index is -0.937. The topological polar surface area (TPSA) is 75.4 Å². The van der Waals surface area contributed by atoms with Crippen molar-refractivity contribution in [1.29, 1.82) is 0 Å². The van der Waals surface area contributed by atoms with Crippen LogP contribution in [-0.2, 0) is 9.59 Å². The van der Waals surface area contributed by atoms with E-state index in [2.05, 4.69) is 5.10 Å². The van der Waals surface area contributed by atoms with Gasteiger partial charge >= 0.3 is 5.97 Å². The summed E-state index contributed by atoms with van der Waals surface area (Å²) in [5.74, 6) is -1.21. The molecule has 24 heavy (non-hydrogen) atoms. The van der Waals surface area contributed by atoms with Gasteiger partial charge in [0.25, 0.3) is 0 Å². The van der Waals surface area contributed by atoms with Crippen molar-refractivity contribution in [2.45, 2.75) is 25.3 Å². The van der Waals surface area contributed by atoms with Gasteiger partial charge in [0, 0.05) is 24.4 Å². The maximum absolute atomic E-state index is 12.3. The molecule has 6 nitrogen and oxygen atoms in total. The van der Waals surface area contributed by atoms with Gasteiger partial charge in [0.15, 0.2) is 0 Å². The average molecular weight is 325 g/mol. The van der Waals surface area contributed by atoms with Gasteiger partial charge in [-0.25, -0.2) is 9.48 Å². The molecule has 1 fully saturated rings. The van der Waals surface area contributed by atoms with Crippen molar-refractivity contribution in [3.63, 3.8) is 0 Å². The Balaban J connectivity index is 1.70. The highest BCUT2D eigenvalue weighted by atomic mass is 16.4. The SMILES string of the molecule is O=C(O)C1CCCCN1C(=O)/C=C/c1cnn(-c2ccccc2)c1. The fraction of sp³-hybridized carbons (Fsp3) is 0.278. The quantitative estimate of drug-likeness (QED) is 0.876. The van der Waals surface area contributed by atoms with Crippen molar-refractivity contribution in [1.82, 2.24) is 14.7 Å². The van der Waals surface area contributed by atoms with Gasteiger partial charge in [-0.05, 0) is 37.5 Å². The number of carbonyl (C=O) groups is 2. The van der Waals surface area contributed by atoms with Gasteiger partial charge < -0.3 is 10.0 Å². The van der Waals surface area contributed by atoms with E-state index in [0.717, 1.165) is 24.1 Å². The number of hydrogen-bond donors (Lipinski definition) is 1. The lowest BCUT2D eigenvalue weighted by atomic mass is 10.0. The highest BCUT2D eigenvalue weighted by Gasteiger charge is 2.30. The summed E-state index contributed by atoms with van der Waals surface area (Å²) in [7, 11) is 0. The van der Waals surface area contributed by atoms with Gasteiger partial charge in [-0.2, -0.15) is 5.10 Å². The van der Waals surface area contributed by atoms with Crippen molar-refractivity contribution < 1.29 is 14.7 Å². The average Bonchev–Trinajstić information content (AvgIpc) is 3.09. The molecular formula is C18H19N3O3. The van der Waals surface area contributed by atoms with Gasteiger partial charge in [0.2, 0.25) is 5.91 Å². The van der Waals surface area contributed by atoms with E-state index in [1.165, 1.54) is 11.0 Å². The van der Waals surface area contributed by atoms with E-state index in [1.54, 1.807) is 17.0 Å². The highest BCUT2D eigenvalue weighted by molar-refractivity contribution is 5.94. The second-order valence-electron chi connectivity index (χ2n) is 5.77. The van der Waals surface area contributed by atoms with Crippen molar-refractivity contribution in [2.24, 2.45) is 0 Å². The first-order chi connectivity index (χ1) is 11.6. The minimum absolute atomic E-state index is 0.269. The molecule has 1 aliphatic rings. The molecule has 0 radical (unpaired) electrons. The number of carbonyl (C=O) groups excluding carboxylic acids is 1. The maximum atomic E-state index is 12.3. The summed E-state index contributed by atoms with van der Waals surface area (Å²) in [6.07, 6.45) is 8.78. The lowest BCUT2D eigenvalue weighted by molar-refractivity contribution is -0.150. The number of piperidine rings is 1. The van der Waals surface area contributed by atoms with E-state index in [4.69, 9.17) is 0 Å². The Bertz CT molecular complexity index is 752. The van der Waals surface area contributed by atoms with Crippen molar-refractivity contribution in [3.8, 4) is 5.69 Å². The zero-order chi connectivity index (χ0) is 16.9. The number of nitrogens with zero attached hydrogens (tertiary/aromatic N) is 3. The number of aliphatic carboxylic acids is 1. The van der Waals surface area contributed by atoms with E-state index >= 15 is 0 Å². The molecule has 0 bridgehead atoms. The van der Waals surface area contributed by atoms with Crippen LogP contribution in [0.5, 0.6) is 0 Å². The molecule has 1 aromatic carbocycles. The van der Waals surface area contributed by atoms with Crippen LogP contribution in [0.3, 0.4) is 0 Å². The molecule has 3 rings (SSSR count). The molecule has 0 spiro atoms. The lowest BCUT2D eigenvalue weighted by Gasteiger charge is -2.32. The van der Waals surface area contributed by atoms with Crippen molar-refractivity contribution in [3.05, 3.63) is 54.4 Å². The fourth-order valence-electron chi connectivity index (χ4n) is 2.86. The van der Waals surface area contributed by atoms with E-state index in [-0.39, 0.29) is 5.91 Å². The Labute approximate surface area is 140 Å². The van der Waals surface area contributed by atoms with Crippen molar-refractivity contribution >= 4 is 18.0 Å². The van der Waals surface area contributed by atoms with Crippen LogP contribution >= 0.6 is 0 Å². The van der Waals surface area contributed by atoms with Crippen LogP contribution in [-0.4, -0.2) is 44.3 Å². The third kappa shape index (κ3) is 3.53. The third-order valence-electron chi connectivity index (χ3n) is 4.11. The predicted molar refractivity (Wildman–Crippen MR) is 89.6 cm³/mol. The molecule has 0 saturated carbocycles. The van der Waals surface area contributed by atoms with E-state index in [9.17, 15) is 14.7 Å². The molecule has 2 aromatic rings. The van der Waals surface area contributed by atoms with E-state index in [0.29, 0.717) is 13.0 Å². The van der Waals surface area contributed by atoms with E-state index < -0.39 is 12.0 Å². The minimum Gasteiger partial charge on any atom is -0.480 e. The number of amides is 1. The normalized spacial score (nSPS) is 18.0. The van der Waals surface area contributed by atoms with Crippen LogP contribution in [0.4, 0.5) is 0 Å². The Morgan fingerprint density at radius 1 is 1.21 bits per heavy atom. The van der Waals surface area contributed by atoms with Crippen LogP contribution in [0.1, 0.15) is 24.8 Å². The van der Waals surface area contributed by atoms with Crippen LogP contribution in [0.25, 0.3) is 11.8 Å². The third-order valence-corrected chi connectivity index (χ3v) is 4.11. The monoisotopic (exact) mass is 325 g/mol. The van der Waals surface area contributed by atoms with Crippen LogP contribution in [0.2, 0.25) is 0 Å². The summed E-state index contributed by atoms with van der Waals surface area (Å²) >= 11 is 0. The molecule has 1 saturated heterocycles. The molecule has 1 N–H and O–H groups in total. The van der Waals surface area contributed by atoms with Crippen molar-refractivity contribution in [2.75, 3.05) is 6.54 Å². The van der Waals surface area contributed by atoms with Crippen LogP contribution < -0.4 is 0 Å². The Hall–Kier alpha value is -2.89. The number of benzene rings is 1. The number of rotatable bonds is 4. The molecule has 1 aromatic heterocycles. The second-order valence-corrected chi connectivity index (χ2v) is 5.77. The summed E-state index contributed by atoms with van der Waals surface area (Å²) in [5.41, 5.74) is 1.72. The molecule has 1 aliphatic heterocycles. The van der Waals surface area contributed by atoms with Gasteiger partial charge in [-0.3, -0.25) is 4.79 Å². The molecule has 1 unspecified atom stereocenters. The zero-order valence-electron chi connectivity index (χ0n) is 13.2. The van der Waals surface area contributed by atoms with E-state index in [1.807, 2.05) is 36.5 Å². The maximum Gasteiger partial charge on any atom is 0.326 e. The molecule has 0 aliphatic carbocycles. The number of aromatic nitrogens is 2. The largest absolute Gasteiger partial charge is 0.480 e. The molecular weight excluding hydrogens is 306 g/mol. The second kappa shape index (κ2) is 7.12. The summed E-state index contributed by atoms with van der Waals surface area (Å²) in [4.78, 5) is 25.0. The Morgan fingerprint density at radius 3 is 2.75 bits per heavy atom. The summed E-state index contributed by atoms with van der Waals surface area (Å²) in [6, 6.07) is 8.96. The smallest absolute Gasteiger partial charge is 0.326 e. The first-order valence-electron chi connectivity index (χ1n) is 7.97. The lowest BCUT2D eigenvalue weighted by Crippen LogP contribution is -2.47. The Morgan fingerprint density at radius 2 is 2.00 bits per heavy atom. The fourth-order valence-corrected chi connectivity index (χ4v) is 2.86. The van der Waals surface area contributed by atoms with Gasteiger partial charge in [0.1, 0.15) is 6.04 Å².